The van der Waals surface area contributed by atoms with Crippen LogP contribution in [0.3, 0.4) is 0 Å². The highest BCUT2D eigenvalue weighted by Gasteiger charge is 2.35. The van der Waals surface area contributed by atoms with E-state index in [0.717, 1.165) is 62.9 Å². The molecule has 0 radical (unpaired) electrons. The third-order valence-corrected chi connectivity index (χ3v) is 9.02. The highest BCUT2D eigenvalue weighted by Crippen LogP contribution is 2.33. The Hall–Kier alpha value is -1.83. The van der Waals surface area contributed by atoms with E-state index >= 15 is 0 Å². The SMILES string of the molecule is CCC(C)C(C[C@H](O)CCC(Cc1ccc(OC)c(OCCCOC)c1)C(C)C)C(=O)NCC1(OC)CCCC1. The fourth-order valence-electron chi connectivity index (χ4n) is 5.87. The quantitative estimate of drug-likeness (QED) is 0.184. The minimum Gasteiger partial charge on any atom is -0.493 e. The molecule has 1 aliphatic rings. The molecule has 1 aliphatic carbocycles. The first kappa shape index (κ1) is 34.4. The number of nitrogens with one attached hydrogen (secondary N) is 1. The van der Waals surface area contributed by atoms with Crippen molar-refractivity contribution in [1.29, 1.82) is 0 Å². The molecule has 7 nitrogen and oxygen atoms in total. The number of methoxy groups -OCH3 is 3. The van der Waals surface area contributed by atoms with Gasteiger partial charge in [-0.25, -0.2) is 0 Å². The molecular weight excluding hydrogens is 506 g/mol. The molecule has 40 heavy (non-hydrogen) atoms. The summed E-state index contributed by atoms with van der Waals surface area (Å²) in [5.41, 5.74) is 0.973. The van der Waals surface area contributed by atoms with Crippen LogP contribution in [0.15, 0.2) is 18.2 Å². The second-order valence-electron chi connectivity index (χ2n) is 12.2. The van der Waals surface area contributed by atoms with Gasteiger partial charge in [0.1, 0.15) is 0 Å². The zero-order chi connectivity index (χ0) is 29.5. The van der Waals surface area contributed by atoms with Crippen molar-refractivity contribution in [3.05, 3.63) is 23.8 Å². The Kier molecular flexibility index (Phi) is 15.4. The smallest absolute Gasteiger partial charge is 0.223 e. The van der Waals surface area contributed by atoms with E-state index in [0.29, 0.717) is 44.4 Å². The highest BCUT2D eigenvalue weighted by atomic mass is 16.5. The summed E-state index contributed by atoms with van der Waals surface area (Å²) < 4.78 is 22.4. The molecule has 1 aromatic rings. The molecular formula is C33H57NO6. The van der Waals surface area contributed by atoms with Crippen LogP contribution in [-0.4, -0.2) is 63.8 Å². The van der Waals surface area contributed by atoms with E-state index < -0.39 is 6.10 Å². The molecule has 0 aromatic heterocycles. The summed E-state index contributed by atoms with van der Waals surface area (Å²) in [7, 11) is 5.10. The predicted molar refractivity (Wildman–Crippen MR) is 161 cm³/mol. The molecule has 7 heteroatoms. The Labute approximate surface area is 243 Å². The molecule has 0 bridgehead atoms. The summed E-state index contributed by atoms with van der Waals surface area (Å²) in [4.78, 5) is 13.3. The van der Waals surface area contributed by atoms with E-state index in [2.05, 4.69) is 45.1 Å². The molecule has 0 spiro atoms. The average molecular weight is 564 g/mol. The topological polar surface area (TPSA) is 86.3 Å². The number of rotatable bonds is 20. The third-order valence-electron chi connectivity index (χ3n) is 9.02. The molecule has 0 heterocycles. The lowest BCUT2D eigenvalue weighted by molar-refractivity contribution is -0.129. The van der Waals surface area contributed by atoms with Crippen molar-refractivity contribution in [3.63, 3.8) is 0 Å². The molecule has 4 atom stereocenters. The number of carbonyl (C=O) groups is 1. The van der Waals surface area contributed by atoms with Crippen molar-refractivity contribution in [2.45, 2.75) is 104 Å². The molecule has 1 amide bonds. The van der Waals surface area contributed by atoms with Gasteiger partial charge in [0, 0.05) is 39.7 Å². The van der Waals surface area contributed by atoms with Gasteiger partial charge in [-0.05, 0) is 74.0 Å². The minimum atomic E-state index is -0.510. The molecule has 1 saturated carbocycles. The molecule has 2 rings (SSSR count). The fourth-order valence-corrected chi connectivity index (χ4v) is 5.87. The number of carbonyl (C=O) groups excluding carboxylic acids is 1. The largest absolute Gasteiger partial charge is 0.493 e. The molecule has 1 fully saturated rings. The Morgan fingerprint density at radius 1 is 1.05 bits per heavy atom. The first-order valence-electron chi connectivity index (χ1n) is 15.5. The first-order chi connectivity index (χ1) is 19.2. The lowest BCUT2D eigenvalue weighted by Crippen LogP contribution is -2.45. The van der Waals surface area contributed by atoms with Crippen molar-refractivity contribution in [2.24, 2.45) is 23.7 Å². The maximum atomic E-state index is 13.3. The number of hydrogen-bond donors (Lipinski definition) is 2. The summed E-state index contributed by atoms with van der Waals surface area (Å²) >= 11 is 0. The monoisotopic (exact) mass is 563 g/mol. The molecule has 0 aliphatic heterocycles. The van der Waals surface area contributed by atoms with Gasteiger partial charge in [-0.2, -0.15) is 0 Å². The van der Waals surface area contributed by atoms with Crippen LogP contribution in [0.25, 0.3) is 0 Å². The lowest BCUT2D eigenvalue weighted by Gasteiger charge is -2.30. The van der Waals surface area contributed by atoms with Gasteiger partial charge in [0.25, 0.3) is 0 Å². The summed E-state index contributed by atoms with van der Waals surface area (Å²) in [5, 5.41) is 14.3. The Balaban J connectivity index is 1.97. The van der Waals surface area contributed by atoms with E-state index in [-0.39, 0.29) is 23.3 Å². The van der Waals surface area contributed by atoms with E-state index in [1.54, 1.807) is 21.3 Å². The number of aliphatic hydroxyl groups is 1. The van der Waals surface area contributed by atoms with Gasteiger partial charge in [0.15, 0.2) is 11.5 Å². The van der Waals surface area contributed by atoms with Crippen LogP contribution in [0.4, 0.5) is 0 Å². The first-order valence-corrected chi connectivity index (χ1v) is 15.5. The summed E-state index contributed by atoms with van der Waals surface area (Å²) in [5.74, 6) is 2.42. The Morgan fingerprint density at radius 2 is 1.77 bits per heavy atom. The van der Waals surface area contributed by atoms with Gasteiger partial charge in [-0.15, -0.1) is 0 Å². The summed E-state index contributed by atoms with van der Waals surface area (Å²) in [6, 6.07) is 6.16. The van der Waals surface area contributed by atoms with Crippen LogP contribution in [0.2, 0.25) is 0 Å². The molecule has 3 unspecified atom stereocenters. The fraction of sp³-hybridized carbons (Fsp3) is 0.788. The maximum Gasteiger partial charge on any atom is 0.223 e. The second kappa shape index (κ2) is 17.9. The molecule has 2 N–H and O–H groups in total. The van der Waals surface area contributed by atoms with Crippen LogP contribution in [0.5, 0.6) is 11.5 Å². The highest BCUT2D eigenvalue weighted by molar-refractivity contribution is 5.79. The van der Waals surface area contributed by atoms with Crippen molar-refractivity contribution < 1.29 is 28.8 Å². The maximum absolute atomic E-state index is 13.3. The van der Waals surface area contributed by atoms with E-state index in [1.165, 1.54) is 5.56 Å². The zero-order valence-electron chi connectivity index (χ0n) is 26.3. The normalized spacial score (nSPS) is 17.8. The van der Waals surface area contributed by atoms with Crippen molar-refractivity contribution in [1.82, 2.24) is 5.32 Å². The standard InChI is InChI=1S/C33H57NO6/c1-8-25(4)29(32(36)34-23-33(39-7)16-9-10-17-33)22-28(35)14-13-27(24(2)3)20-26-12-15-30(38-6)31(21-26)40-19-11-18-37-5/h12,15,21,24-25,27-29,35H,8-11,13-14,16-20,22-23H2,1-7H3,(H,34,36)/t25?,27?,28-,29?/m1/s1. The molecule has 1 aromatic carbocycles. The third kappa shape index (κ3) is 10.9. The van der Waals surface area contributed by atoms with Crippen LogP contribution < -0.4 is 14.8 Å². The van der Waals surface area contributed by atoms with Gasteiger partial charge < -0.3 is 29.4 Å². The van der Waals surface area contributed by atoms with Crippen LogP contribution in [-0.2, 0) is 20.7 Å². The number of amides is 1. The van der Waals surface area contributed by atoms with Crippen molar-refractivity contribution in [3.8, 4) is 11.5 Å². The van der Waals surface area contributed by atoms with E-state index in [1.807, 2.05) is 6.07 Å². The van der Waals surface area contributed by atoms with Gasteiger partial charge in [0.2, 0.25) is 5.91 Å². The van der Waals surface area contributed by atoms with Crippen molar-refractivity contribution in [2.75, 3.05) is 41.1 Å². The summed E-state index contributed by atoms with van der Waals surface area (Å²) in [6.45, 7) is 10.5. The number of benzene rings is 1. The number of ether oxygens (including phenoxy) is 4. The number of hydrogen-bond acceptors (Lipinski definition) is 6. The Morgan fingerprint density at radius 3 is 2.38 bits per heavy atom. The minimum absolute atomic E-state index is 0.0494. The van der Waals surface area contributed by atoms with Gasteiger partial charge in [-0.3, -0.25) is 4.79 Å². The second-order valence-corrected chi connectivity index (χ2v) is 12.2. The van der Waals surface area contributed by atoms with E-state index in [4.69, 9.17) is 18.9 Å². The lowest BCUT2D eigenvalue weighted by atomic mass is 9.82. The molecule has 230 valence electrons. The summed E-state index contributed by atoms with van der Waals surface area (Å²) in [6.07, 6.45) is 8.47. The van der Waals surface area contributed by atoms with Crippen LogP contribution in [0.1, 0.15) is 91.0 Å². The van der Waals surface area contributed by atoms with Crippen LogP contribution in [0, 0.1) is 23.7 Å². The van der Waals surface area contributed by atoms with Gasteiger partial charge in [-0.1, -0.05) is 53.0 Å². The Bertz CT molecular complexity index is 853. The van der Waals surface area contributed by atoms with Crippen LogP contribution >= 0.6 is 0 Å². The van der Waals surface area contributed by atoms with Crippen molar-refractivity contribution >= 4 is 5.91 Å². The zero-order valence-corrected chi connectivity index (χ0v) is 26.3. The average Bonchev–Trinajstić information content (AvgIpc) is 3.44. The van der Waals surface area contributed by atoms with E-state index in [9.17, 15) is 9.90 Å². The molecule has 0 saturated heterocycles. The number of aliphatic hydroxyl groups excluding tert-OH is 1. The van der Waals surface area contributed by atoms with Gasteiger partial charge >= 0.3 is 0 Å². The van der Waals surface area contributed by atoms with Gasteiger partial charge in [0.05, 0.1) is 25.4 Å². The predicted octanol–water partition coefficient (Wildman–Crippen LogP) is 6.19.